The van der Waals surface area contributed by atoms with E-state index < -0.39 is 0 Å². The van der Waals surface area contributed by atoms with Gasteiger partial charge in [0, 0.05) is 0 Å². The summed E-state index contributed by atoms with van der Waals surface area (Å²) in [5.74, 6) is 0. The Balaban J connectivity index is 2.55. The van der Waals surface area contributed by atoms with Gasteiger partial charge in [0.05, 0.1) is 0 Å². The predicted molar refractivity (Wildman–Crippen MR) is 82.6 cm³/mol. The average Bonchev–Trinajstić information content (AvgIpc) is 2.47. The van der Waals surface area contributed by atoms with Gasteiger partial charge in [0.25, 0.3) is 0 Å². The van der Waals surface area contributed by atoms with Gasteiger partial charge in [-0.15, -0.1) is 0 Å². The summed E-state index contributed by atoms with van der Waals surface area (Å²) in [6.45, 7) is 8.98. The van der Waals surface area contributed by atoms with E-state index >= 15 is 0 Å². The van der Waals surface area contributed by atoms with Gasteiger partial charge >= 0.3 is 0 Å². The van der Waals surface area contributed by atoms with Crippen LogP contribution >= 0.6 is 0 Å². The van der Waals surface area contributed by atoms with Crippen molar-refractivity contribution in [2.75, 3.05) is 0 Å². The molecular weight excluding hydrogens is 228 g/mol. The molecule has 0 bridgehead atoms. The monoisotopic (exact) mass is 248 g/mol. The fourth-order valence-electron chi connectivity index (χ4n) is 3.47. The molecule has 0 heteroatoms. The lowest BCUT2D eigenvalue weighted by atomic mass is 9.93. The third kappa shape index (κ3) is 1.83. The van der Waals surface area contributed by atoms with E-state index in [9.17, 15) is 0 Å². The van der Waals surface area contributed by atoms with Crippen LogP contribution in [0.5, 0.6) is 0 Å². The van der Waals surface area contributed by atoms with E-state index in [0.29, 0.717) is 0 Å². The highest BCUT2D eigenvalue weighted by molar-refractivity contribution is 5.73. The van der Waals surface area contributed by atoms with Gasteiger partial charge in [-0.25, -0.2) is 0 Å². The number of rotatable bonds is 0. The van der Waals surface area contributed by atoms with Crippen LogP contribution in [0.15, 0.2) is 36.4 Å². The molecule has 0 saturated carbocycles. The summed E-state index contributed by atoms with van der Waals surface area (Å²) in [6, 6.07) is 13.3. The summed E-state index contributed by atoms with van der Waals surface area (Å²) < 4.78 is 0. The number of hydrogen-bond donors (Lipinski definition) is 0. The molecule has 0 atom stereocenters. The summed E-state index contributed by atoms with van der Waals surface area (Å²) in [6.07, 6.45) is 1.06. The first-order valence-corrected chi connectivity index (χ1v) is 6.95. The second-order valence-corrected chi connectivity index (χ2v) is 5.69. The zero-order chi connectivity index (χ0) is 13.6. The highest BCUT2D eigenvalue weighted by atomic mass is 14.2. The number of fused-ring (bicyclic) bond motifs is 2. The Bertz CT molecular complexity index is 776. The molecule has 0 unspecified atom stereocenters. The highest BCUT2D eigenvalue weighted by Gasteiger charge is 2.13. The maximum Gasteiger partial charge on any atom is -0.00544 e. The minimum absolute atomic E-state index is 1.06. The van der Waals surface area contributed by atoms with E-state index in [1.54, 1.807) is 0 Å². The Morgan fingerprint density at radius 2 is 1.47 bits per heavy atom. The molecule has 0 spiro atoms. The number of aryl methyl sites for hydroxylation is 2. The minimum Gasteiger partial charge on any atom is -0.0617 e. The van der Waals surface area contributed by atoms with Gasteiger partial charge in [0.1, 0.15) is 0 Å². The van der Waals surface area contributed by atoms with Crippen molar-refractivity contribution in [1.29, 1.82) is 0 Å². The van der Waals surface area contributed by atoms with Crippen LogP contribution in [0.3, 0.4) is 0 Å². The first-order valence-electron chi connectivity index (χ1n) is 6.95. The van der Waals surface area contributed by atoms with Crippen molar-refractivity contribution >= 4 is 11.1 Å². The van der Waals surface area contributed by atoms with Crippen molar-refractivity contribution in [3.8, 4) is 0 Å². The molecule has 2 aromatic rings. The molecule has 96 valence electrons. The molecule has 0 radical (unpaired) electrons. The molecule has 19 heavy (non-hydrogen) atoms. The Morgan fingerprint density at radius 3 is 2.26 bits per heavy atom. The quantitative estimate of drug-likeness (QED) is 0.671. The maximum absolute atomic E-state index is 2.27. The SMILES string of the molecule is CC1=c2cccc(C)c2=C(C)Cc2cccc(C)c21. The van der Waals surface area contributed by atoms with Crippen LogP contribution in [0.25, 0.3) is 11.1 Å². The molecule has 0 saturated heterocycles. The second-order valence-electron chi connectivity index (χ2n) is 5.69. The smallest absolute Gasteiger partial charge is 0.00544 e. The van der Waals surface area contributed by atoms with Crippen LogP contribution in [-0.2, 0) is 6.42 Å². The summed E-state index contributed by atoms with van der Waals surface area (Å²) in [4.78, 5) is 0. The first kappa shape index (κ1) is 12.2. The van der Waals surface area contributed by atoms with Gasteiger partial charge < -0.3 is 0 Å². The molecule has 0 N–H and O–H groups in total. The topological polar surface area (TPSA) is 0 Å². The number of benzene rings is 2. The molecule has 0 fully saturated rings. The highest BCUT2D eigenvalue weighted by Crippen LogP contribution is 2.24. The molecule has 0 nitrogen and oxygen atoms in total. The molecule has 0 heterocycles. The van der Waals surface area contributed by atoms with Gasteiger partial charge in [-0.2, -0.15) is 0 Å². The summed E-state index contributed by atoms with van der Waals surface area (Å²) in [5, 5.41) is 2.86. The van der Waals surface area contributed by atoms with Gasteiger partial charge in [-0.3, -0.25) is 0 Å². The van der Waals surface area contributed by atoms with Gasteiger partial charge in [-0.1, -0.05) is 42.0 Å². The normalized spacial score (nSPS) is 13.9. The standard InChI is InChI=1S/C19H20/c1-12-8-6-10-17-15(4)19-13(2)7-5-9-16(19)11-14(3)18(12)17/h5-10H,11H2,1-4H3. The van der Waals surface area contributed by atoms with Crippen LogP contribution in [-0.4, -0.2) is 0 Å². The van der Waals surface area contributed by atoms with Crippen molar-refractivity contribution in [2.45, 2.75) is 34.1 Å². The Labute approximate surface area is 115 Å². The van der Waals surface area contributed by atoms with Gasteiger partial charge in [0.2, 0.25) is 0 Å². The van der Waals surface area contributed by atoms with Gasteiger partial charge in [-0.05, 0) is 72.4 Å². The lowest BCUT2D eigenvalue weighted by Crippen LogP contribution is -2.30. The van der Waals surface area contributed by atoms with Crippen molar-refractivity contribution in [3.63, 3.8) is 0 Å². The predicted octanol–water partition coefficient (Wildman–Crippen LogP) is 3.25. The van der Waals surface area contributed by atoms with Crippen molar-refractivity contribution in [1.82, 2.24) is 0 Å². The van der Waals surface area contributed by atoms with Crippen LogP contribution in [0.4, 0.5) is 0 Å². The summed E-state index contributed by atoms with van der Waals surface area (Å²) >= 11 is 0. The molecule has 0 aromatic heterocycles. The molecule has 1 aliphatic carbocycles. The lowest BCUT2D eigenvalue weighted by Gasteiger charge is -2.11. The van der Waals surface area contributed by atoms with Gasteiger partial charge in [0.15, 0.2) is 0 Å². The van der Waals surface area contributed by atoms with Crippen LogP contribution in [0.2, 0.25) is 0 Å². The molecule has 2 aromatic carbocycles. The van der Waals surface area contributed by atoms with E-state index in [4.69, 9.17) is 0 Å². The van der Waals surface area contributed by atoms with Crippen LogP contribution in [0.1, 0.15) is 36.1 Å². The van der Waals surface area contributed by atoms with Crippen molar-refractivity contribution in [3.05, 3.63) is 69.1 Å². The fourth-order valence-corrected chi connectivity index (χ4v) is 3.47. The maximum atomic E-state index is 2.27. The van der Waals surface area contributed by atoms with E-state index in [1.807, 2.05) is 0 Å². The molecule has 3 rings (SSSR count). The molecule has 0 aliphatic heterocycles. The van der Waals surface area contributed by atoms with E-state index in [-0.39, 0.29) is 0 Å². The van der Waals surface area contributed by atoms with E-state index in [1.165, 1.54) is 43.8 Å². The minimum atomic E-state index is 1.06. The van der Waals surface area contributed by atoms with Crippen molar-refractivity contribution < 1.29 is 0 Å². The fraction of sp³-hybridized carbons (Fsp3) is 0.263. The van der Waals surface area contributed by atoms with Crippen LogP contribution in [0, 0.1) is 13.8 Å². The third-order valence-electron chi connectivity index (χ3n) is 4.29. The summed E-state index contributed by atoms with van der Waals surface area (Å²) in [5.41, 5.74) is 8.59. The zero-order valence-corrected chi connectivity index (χ0v) is 12.2. The second kappa shape index (κ2) is 4.38. The zero-order valence-electron chi connectivity index (χ0n) is 12.2. The average molecular weight is 248 g/mol. The lowest BCUT2D eigenvalue weighted by molar-refractivity contribution is 1.21. The number of hydrogen-bond acceptors (Lipinski definition) is 0. The Kier molecular flexibility index (Phi) is 2.82. The Morgan fingerprint density at radius 1 is 0.789 bits per heavy atom. The van der Waals surface area contributed by atoms with E-state index in [2.05, 4.69) is 64.1 Å². The molecule has 0 amide bonds. The first-order chi connectivity index (χ1) is 9.09. The molecule has 1 aliphatic rings. The van der Waals surface area contributed by atoms with E-state index in [0.717, 1.165) is 6.42 Å². The largest absolute Gasteiger partial charge is 0.0617 e. The summed E-state index contributed by atoms with van der Waals surface area (Å²) in [7, 11) is 0. The Hall–Kier alpha value is -1.82. The third-order valence-corrected chi connectivity index (χ3v) is 4.29. The molecular formula is C19H20. The van der Waals surface area contributed by atoms with Crippen molar-refractivity contribution in [2.24, 2.45) is 0 Å². The van der Waals surface area contributed by atoms with Crippen LogP contribution < -0.4 is 10.4 Å².